The number of methoxy groups -OCH3 is 1. The number of aromatic amines is 1. The van der Waals surface area contributed by atoms with Gasteiger partial charge in [0.05, 0.1) is 40.2 Å². The highest BCUT2D eigenvalue weighted by molar-refractivity contribution is 7.16. The molecule has 8 heterocycles. The zero-order valence-electron chi connectivity index (χ0n) is 65.9. The van der Waals surface area contributed by atoms with Crippen LogP contribution in [0.5, 0.6) is 0 Å². The van der Waals surface area contributed by atoms with Gasteiger partial charge in [0.15, 0.2) is 0 Å². The Balaban J connectivity index is 0.000000424. The Labute approximate surface area is 669 Å². The second kappa shape index (κ2) is 48.8. The van der Waals surface area contributed by atoms with Crippen LogP contribution in [0.1, 0.15) is 253 Å². The van der Waals surface area contributed by atoms with E-state index in [1.165, 1.54) is 78.8 Å². The number of hydrogen-bond donors (Lipinski definition) is 9. The van der Waals surface area contributed by atoms with Gasteiger partial charge in [0.1, 0.15) is 19.5 Å². The van der Waals surface area contributed by atoms with Crippen molar-refractivity contribution in [3.63, 3.8) is 0 Å². The number of esters is 1. The normalized spacial score (nSPS) is 12.1. The molecule has 0 saturated heterocycles. The first-order valence-electron chi connectivity index (χ1n) is 35.6. The van der Waals surface area contributed by atoms with Gasteiger partial charge in [-0.3, -0.25) is 19.2 Å². The number of tetrazole rings is 1. The van der Waals surface area contributed by atoms with Crippen LogP contribution in [0.3, 0.4) is 0 Å². The molecule has 596 valence electrons. The van der Waals surface area contributed by atoms with Gasteiger partial charge in [-0.25, -0.2) is 24.0 Å². The molecule has 5 atom stereocenters. The van der Waals surface area contributed by atoms with E-state index in [2.05, 4.69) is 143 Å². The Bertz CT molecular complexity index is 4160. The van der Waals surface area contributed by atoms with Crippen molar-refractivity contribution in [1.82, 2.24) is 25.9 Å². The van der Waals surface area contributed by atoms with Crippen LogP contribution in [0.2, 0.25) is 0 Å². The third kappa shape index (κ3) is 34.5. The lowest BCUT2D eigenvalue weighted by Gasteiger charge is -2.17. The molecule has 0 saturated carbocycles. The van der Waals surface area contributed by atoms with E-state index in [4.69, 9.17) is 37.6 Å². The smallest absolute Gasteiger partial charge is 0.348 e. The van der Waals surface area contributed by atoms with Crippen LogP contribution in [-0.2, 0) is 38.4 Å². The molecule has 8 aromatic heterocycles. The van der Waals surface area contributed by atoms with Crippen LogP contribution in [0.4, 0.5) is 0 Å². The predicted octanol–water partition coefficient (Wildman–Crippen LogP) is 18.8. The molecule has 29 heteroatoms. The summed E-state index contributed by atoms with van der Waals surface area (Å²) in [4.78, 5) is 110. The molecule has 22 nitrogen and oxygen atoms in total. The average Bonchev–Trinajstić information content (AvgIpc) is 1.83. The van der Waals surface area contributed by atoms with E-state index < -0.39 is 41.6 Å². The summed E-state index contributed by atoms with van der Waals surface area (Å²) in [5.41, 5.74) is 16.7. The van der Waals surface area contributed by atoms with E-state index in [0.717, 1.165) is 78.8 Å². The Morgan fingerprint density at radius 1 is 0.440 bits per heavy atom. The molecule has 0 bridgehead atoms. The number of benzene rings is 1. The van der Waals surface area contributed by atoms with Gasteiger partial charge in [-0.2, -0.15) is 5.21 Å². The number of nitrogens with one attached hydrogen (secondary N) is 2. The summed E-state index contributed by atoms with van der Waals surface area (Å²) in [6.45, 7) is 37.9. The average molecular weight is 1630 g/mol. The molecular weight excluding hydrogens is 1520 g/mol. The molecule has 1 aromatic carbocycles. The van der Waals surface area contributed by atoms with Crippen molar-refractivity contribution in [2.24, 2.45) is 64.5 Å². The highest BCUT2D eigenvalue weighted by atomic mass is 32.1. The van der Waals surface area contributed by atoms with Crippen molar-refractivity contribution in [1.29, 1.82) is 0 Å². The molecule has 12 N–H and O–H groups in total. The van der Waals surface area contributed by atoms with E-state index in [9.17, 15) is 43.2 Å². The number of ether oxygens (including phenoxy) is 1. The summed E-state index contributed by atoms with van der Waals surface area (Å²) in [5.74, 6) is -0.663. The minimum atomic E-state index is -0.980. The van der Waals surface area contributed by atoms with Crippen LogP contribution in [0.25, 0.3) is 10.7 Å². The predicted molar refractivity (Wildman–Crippen MR) is 445 cm³/mol. The van der Waals surface area contributed by atoms with Gasteiger partial charge in [-0.05, 0) is 186 Å². The van der Waals surface area contributed by atoms with Gasteiger partial charge in [0.2, 0.25) is 23.5 Å². The SMILES string of the molecule is CC(C)C(C)c1ccc(-c2nn[nH]n2)s1.CC(C)C(C)c1cccs1.CC(C)Cc1ccc(C(=O)O)s1.CC(C)Cc1ccc(C(N)=O)s1.CC(C)[C@@H](C(N)=O)c1ccc(C(=O)O)cc1.CC(C)[C@@H](C(N)=O)c1ccc(C(=O)O)s1.CNC(=O)[C@@H](c1ccc(C(=O)O)s1)C(C)C.COC(=O)c1ccc(CC(C)C)s1. The van der Waals surface area contributed by atoms with Gasteiger partial charge < -0.3 is 47.7 Å². The lowest BCUT2D eigenvalue weighted by Crippen LogP contribution is -2.28. The third-order valence-electron chi connectivity index (χ3n) is 16.2. The van der Waals surface area contributed by atoms with Gasteiger partial charge in [-0.15, -0.1) is 89.6 Å². The Hall–Kier alpha value is -8.58. The maximum atomic E-state index is 11.7. The molecule has 2 unspecified atom stereocenters. The summed E-state index contributed by atoms with van der Waals surface area (Å²) in [5, 5.41) is 53.7. The number of carbonyl (C=O) groups is 9. The zero-order chi connectivity index (χ0) is 82.7. The van der Waals surface area contributed by atoms with Gasteiger partial charge in [0.25, 0.3) is 5.91 Å². The second-order valence-corrected chi connectivity index (χ2v) is 36.1. The van der Waals surface area contributed by atoms with E-state index >= 15 is 0 Å². The van der Waals surface area contributed by atoms with Gasteiger partial charge >= 0.3 is 29.8 Å². The van der Waals surface area contributed by atoms with E-state index in [0.29, 0.717) is 50.0 Å². The maximum Gasteiger partial charge on any atom is 0.348 e. The van der Waals surface area contributed by atoms with Crippen molar-refractivity contribution in [2.75, 3.05) is 14.2 Å². The van der Waals surface area contributed by atoms with Crippen molar-refractivity contribution in [3.05, 3.63) is 184 Å². The highest BCUT2D eigenvalue weighted by Gasteiger charge is 2.27. The number of H-pyrrole nitrogens is 1. The molecule has 0 radical (unpaired) electrons. The topological polar surface area (TPSA) is 388 Å². The number of amides is 4. The number of carbonyl (C=O) groups excluding carboxylic acids is 5. The van der Waals surface area contributed by atoms with E-state index in [1.807, 2.05) is 77.1 Å². The maximum absolute atomic E-state index is 11.7. The molecule has 0 aliphatic rings. The summed E-state index contributed by atoms with van der Waals surface area (Å²) in [6, 6.07) is 32.4. The summed E-state index contributed by atoms with van der Waals surface area (Å²) < 4.78 is 4.63. The number of carboxylic acid groups (broad SMARTS) is 4. The lowest BCUT2D eigenvalue weighted by atomic mass is 9.87. The monoisotopic (exact) mass is 1630 g/mol. The number of aromatic carboxylic acids is 4. The number of aromatic nitrogens is 4. The van der Waals surface area contributed by atoms with Gasteiger partial charge in [-0.1, -0.05) is 143 Å². The Morgan fingerprint density at radius 2 is 0.844 bits per heavy atom. The fourth-order valence-electron chi connectivity index (χ4n) is 10.0. The summed E-state index contributed by atoms with van der Waals surface area (Å²) in [6.07, 6.45) is 3.03. The lowest BCUT2D eigenvalue weighted by molar-refractivity contribution is -0.123. The number of rotatable bonds is 26. The first kappa shape index (κ1) is 96.5. The molecular formula is C80H110N8O14S7. The van der Waals surface area contributed by atoms with E-state index in [1.54, 1.807) is 60.8 Å². The number of likely N-dealkylation sites (N-methyl/N-ethyl adjacent to an activating group) is 1. The Kier molecular flexibility index (Phi) is 43.2. The second-order valence-electron chi connectivity index (χ2n) is 28.3. The molecule has 9 rings (SSSR count). The standard InChI is InChI=1S/C12H15NO3.C11H15NO3S.C10H14N4S.C10H13NO3S.C10H14O2S.C9H13NOS.C9H12O2S.C9H14S/c1-7(2)10(11(13)14)8-3-5-9(6-4-8)12(15)16;1-6(2)9(10(13)12-3)7-4-5-8(16-7)11(14)15;1-6(2)7(3)8-4-5-9(15-8)10-11-13-14-12-10;1-5(2)8(9(11)12)6-3-4-7(15-6)10(13)14;1-7(2)6-8-4-5-9(13-8)10(11)12-3;2*1-6(2)5-7-3-4-8(12-7)9(10)11;1-7(2)8(3)9-5-4-6-10-9/h3-7,10H,1-2H3,(H2,13,14)(H,15,16);4-6,9H,1-3H3,(H,12,13)(H,14,15);4-7H,1-3H3,(H,11,12,13,14);3-5,8H,1-2H3,(H2,11,12)(H,13,14);4-5,7H,6H2,1-3H3;3-4,6H,5H2,1-2H3,(H2,10,11);3-4,6H,5H2,1-2H3,(H,10,11);4-8H,1-3H3/t10-;9-;;8-;;;;/m11.1..../s1. The fraction of sp³-hybridized carbons (Fsp3) is 0.450. The van der Waals surface area contributed by atoms with Crippen LogP contribution in [-0.4, -0.2) is 109 Å². The van der Waals surface area contributed by atoms with Crippen LogP contribution in [0.15, 0.2) is 115 Å². The number of carboxylic acids is 4. The van der Waals surface area contributed by atoms with Gasteiger partial charge in [0, 0.05) is 41.2 Å². The molecule has 0 aliphatic heterocycles. The molecule has 4 amide bonds. The minimum absolute atomic E-state index is 0.0720. The Morgan fingerprint density at radius 3 is 1.18 bits per heavy atom. The molecule has 0 fully saturated rings. The van der Waals surface area contributed by atoms with E-state index in [-0.39, 0.29) is 62.7 Å². The molecule has 0 spiro atoms. The zero-order valence-corrected chi connectivity index (χ0v) is 71.6. The first-order chi connectivity index (χ1) is 51.0. The highest BCUT2D eigenvalue weighted by Crippen LogP contribution is 2.35. The number of primary amides is 3. The quantitative estimate of drug-likeness (QED) is 0.0227. The first-order valence-corrected chi connectivity index (χ1v) is 41.4. The number of hydrogen-bond acceptors (Lipinski definition) is 20. The van der Waals surface area contributed by atoms with Crippen LogP contribution in [0, 0.1) is 47.3 Å². The van der Waals surface area contributed by atoms with Crippen molar-refractivity contribution in [2.45, 2.75) is 173 Å². The van der Waals surface area contributed by atoms with Crippen LogP contribution >= 0.6 is 79.4 Å². The van der Waals surface area contributed by atoms with Crippen molar-refractivity contribution >= 4 is 133 Å². The van der Waals surface area contributed by atoms with Crippen molar-refractivity contribution in [3.8, 4) is 10.7 Å². The number of nitrogens with two attached hydrogens (primary N) is 3. The fourth-order valence-corrected chi connectivity index (χ4v) is 17.6. The molecule has 9 aromatic rings. The summed E-state index contributed by atoms with van der Waals surface area (Å²) in [7, 11) is 2.99. The number of nitrogens with zero attached hydrogens (tertiary/aromatic N) is 3. The number of thiophene rings is 7. The largest absolute Gasteiger partial charge is 0.478 e. The minimum Gasteiger partial charge on any atom is -0.478 e. The molecule has 109 heavy (non-hydrogen) atoms. The third-order valence-corrected chi connectivity index (χ3v) is 24.2. The summed E-state index contributed by atoms with van der Waals surface area (Å²) >= 11 is 10.3. The van der Waals surface area contributed by atoms with Crippen LogP contribution < -0.4 is 22.5 Å². The molecule has 0 aliphatic carbocycles. The van der Waals surface area contributed by atoms with Crippen molar-refractivity contribution < 1.29 is 68.3 Å².